The molecule has 0 amide bonds. The zero-order valence-electron chi connectivity index (χ0n) is 47.4. The van der Waals surface area contributed by atoms with Gasteiger partial charge in [0.25, 0.3) is 0 Å². The molecule has 1 unspecified atom stereocenters. The summed E-state index contributed by atoms with van der Waals surface area (Å²) in [7, 11) is 0. The predicted octanol–water partition coefficient (Wildman–Crippen LogP) is 19.4. The Morgan fingerprint density at radius 2 is 0.866 bits per heavy atom. The van der Waals surface area contributed by atoms with Gasteiger partial charge in [0.05, 0.1) is 21.9 Å². The SMILES string of the molecule is CC(C)c1cc(Br)cc(Br)c1.CC(C)c1cc(Br)cc(C=O)c1.CC(C)c1cc(C(O)c2cnc(Cl)s2)cc(-n2cccn2)c1.CC(C)c1cc(C=O)cc(-n2cccn2)c1.CC(C)c1cc(Cc2cnc(Cl)s2)cc(-n2cccn2)c1. The quantitative estimate of drug-likeness (QED) is 0.106. The van der Waals surface area contributed by atoms with Crippen LogP contribution in [0.3, 0.4) is 0 Å². The maximum Gasteiger partial charge on any atom is 0.183 e. The van der Waals surface area contributed by atoms with Gasteiger partial charge in [-0.2, -0.15) is 15.3 Å². The first kappa shape index (κ1) is 65.5. The Labute approximate surface area is 525 Å². The summed E-state index contributed by atoms with van der Waals surface area (Å²) in [5.74, 6) is 2.27. The Balaban J connectivity index is 0.000000169. The molecular weight excluding hydrogens is 1300 g/mol. The average molecular weight is 1370 g/mol. The molecule has 0 saturated carbocycles. The minimum atomic E-state index is -0.738. The fourth-order valence-corrected chi connectivity index (χ4v) is 11.9. The molecule has 0 saturated heterocycles. The first-order valence-electron chi connectivity index (χ1n) is 26.6. The number of hydrogen-bond acceptors (Lipinski definition) is 10. The third kappa shape index (κ3) is 20.0. The van der Waals surface area contributed by atoms with E-state index in [1.165, 1.54) is 49.8 Å². The Bertz CT molecular complexity index is 3580. The number of aromatic nitrogens is 8. The highest BCUT2D eigenvalue weighted by Gasteiger charge is 2.17. The topological polar surface area (TPSA) is 134 Å². The molecule has 428 valence electrons. The maximum absolute atomic E-state index is 10.9. The van der Waals surface area contributed by atoms with E-state index < -0.39 is 6.10 Å². The van der Waals surface area contributed by atoms with E-state index in [1.54, 1.807) is 34.2 Å². The molecular formula is C64H67Br3Cl2N8O3S2. The van der Waals surface area contributed by atoms with Crippen molar-refractivity contribution in [3.63, 3.8) is 0 Å². The van der Waals surface area contributed by atoms with Crippen LogP contribution in [-0.2, 0) is 6.42 Å². The number of carbonyl (C=O) groups excluding carboxylic acids is 2. The van der Waals surface area contributed by atoms with Crippen LogP contribution in [0, 0.1) is 0 Å². The first-order chi connectivity index (χ1) is 39.1. The molecule has 1 N–H and O–H groups in total. The molecule has 5 aromatic carbocycles. The molecule has 82 heavy (non-hydrogen) atoms. The highest BCUT2D eigenvalue weighted by molar-refractivity contribution is 9.11. The number of aldehydes is 2. The maximum atomic E-state index is 10.9. The number of nitrogens with zero attached hydrogens (tertiary/aromatic N) is 8. The van der Waals surface area contributed by atoms with Crippen LogP contribution in [0.15, 0.2) is 172 Å². The zero-order valence-corrected chi connectivity index (χ0v) is 55.3. The Hall–Kier alpha value is -5.69. The van der Waals surface area contributed by atoms with Gasteiger partial charge in [-0.1, -0.05) is 152 Å². The van der Waals surface area contributed by atoms with Crippen molar-refractivity contribution >= 4 is 106 Å². The number of halogens is 5. The minimum Gasteiger partial charge on any atom is -0.383 e. The van der Waals surface area contributed by atoms with Gasteiger partial charge in [-0.3, -0.25) is 9.59 Å². The van der Waals surface area contributed by atoms with Gasteiger partial charge >= 0.3 is 0 Å². The van der Waals surface area contributed by atoms with Crippen LogP contribution in [0.25, 0.3) is 17.1 Å². The number of benzene rings is 5. The lowest BCUT2D eigenvalue weighted by atomic mass is 9.97. The van der Waals surface area contributed by atoms with Crippen molar-refractivity contribution in [1.29, 1.82) is 0 Å². The van der Waals surface area contributed by atoms with Crippen LogP contribution in [0.5, 0.6) is 0 Å². The summed E-state index contributed by atoms with van der Waals surface area (Å²) in [6, 6.07) is 36.3. The van der Waals surface area contributed by atoms with Gasteiger partial charge in [-0.25, -0.2) is 24.0 Å². The number of thiazole rings is 2. The first-order valence-corrected chi connectivity index (χ1v) is 31.4. The van der Waals surface area contributed by atoms with Crippen molar-refractivity contribution in [1.82, 2.24) is 39.3 Å². The molecule has 5 heterocycles. The van der Waals surface area contributed by atoms with E-state index in [-0.39, 0.29) is 0 Å². The molecule has 0 fully saturated rings. The molecule has 11 nitrogen and oxygen atoms in total. The molecule has 10 rings (SSSR count). The third-order valence-corrected chi connectivity index (χ3v) is 16.3. The number of hydrogen-bond donors (Lipinski definition) is 1. The number of aliphatic hydroxyl groups excluding tert-OH is 1. The van der Waals surface area contributed by atoms with E-state index in [0.717, 1.165) is 76.6 Å². The summed E-state index contributed by atoms with van der Waals surface area (Å²) >= 11 is 24.9. The van der Waals surface area contributed by atoms with Gasteiger partial charge in [0.2, 0.25) is 0 Å². The van der Waals surface area contributed by atoms with Crippen molar-refractivity contribution in [2.75, 3.05) is 0 Å². The summed E-state index contributed by atoms with van der Waals surface area (Å²) in [5, 5.41) is 23.4. The number of aliphatic hydroxyl groups is 1. The molecule has 0 aliphatic heterocycles. The van der Waals surface area contributed by atoms with E-state index in [4.69, 9.17) is 23.2 Å². The lowest BCUT2D eigenvalue weighted by molar-refractivity contribution is 0.111. The predicted molar refractivity (Wildman–Crippen MR) is 349 cm³/mol. The van der Waals surface area contributed by atoms with E-state index in [9.17, 15) is 14.7 Å². The molecule has 0 aliphatic rings. The van der Waals surface area contributed by atoms with E-state index in [0.29, 0.717) is 44.1 Å². The second-order valence-corrected chi connectivity index (χ2v) is 26.8. The fraction of sp³-hybridized carbons (Fsp3) is 0.266. The van der Waals surface area contributed by atoms with E-state index in [1.807, 2.05) is 96.2 Å². The minimum absolute atomic E-state index is 0.353. The summed E-state index contributed by atoms with van der Waals surface area (Å²) in [5.41, 5.74) is 12.6. The van der Waals surface area contributed by atoms with E-state index in [2.05, 4.69) is 185 Å². The van der Waals surface area contributed by atoms with Crippen molar-refractivity contribution < 1.29 is 14.7 Å². The number of rotatable bonds is 14. The van der Waals surface area contributed by atoms with Gasteiger partial charge in [-0.05, 0) is 166 Å². The van der Waals surface area contributed by atoms with Gasteiger partial charge in [0.15, 0.2) is 8.93 Å². The van der Waals surface area contributed by atoms with Crippen molar-refractivity contribution in [2.45, 2.75) is 111 Å². The monoisotopic (exact) mass is 1370 g/mol. The Kier molecular flexibility index (Phi) is 25.4. The molecule has 1 atom stereocenters. The average Bonchev–Trinajstić information content (AvgIpc) is 4.33. The molecule has 10 aromatic rings. The molecule has 5 aromatic heterocycles. The van der Waals surface area contributed by atoms with Crippen LogP contribution in [0.4, 0.5) is 0 Å². The molecule has 18 heteroatoms. The molecule has 0 spiro atoms. The standard InChI is InChI=1S/C16H16ClN3OS.C16H16ClN3S.C13H14N2O.C10H11BrO.C9H10Br2/c1-10(2)11-6-12(15(21)14-9-18-16(17)22-14)8-13(7-11)20-5-3-4-19-20;1-11(2)13-6-12(8-15-10-18-16(17)21-15)7-14(9-13)20-5-3-4-19-20;1-10(2)12-6-11(9-16)7-13(8-12)15-5-3-4-14-15;1-7(2)9-3-8(6-12)4-10(11)5-9;1-6(2)7-3-8(10)5-9(11)4-7/h3-10,15,21H,1-2H3;3-7,9-11H,8H2,1-2H3;3-10H,1-2H3;3-7H,1-2H3;3-6H,1-2H3. The van der Waals surface area contributed by atoms with E-state index >= 15 is 0 Å². The second kappa shape index (κ2) is 31.8. The third-order valence-electron chi connectivity index (χ3n) is 12.6. The Morgan fingerprint density at radius 1 is 0.476 bits per heavy atom. The normalized spacial score (nSPS) is 11.3. The number of carbonyl (C=O) groups is 2. The van der Waals surface area contributed by atoms with Gasteiger partial charge in [0.1, 0.15) is 18.7 Å². The largest absolute Gasteiger partial charge is 0.383 e. The van der Waals surface area contributed by atoms with Crippen LogP contribution in [0.1, 0.15) is 174 Å². The summed E-state index contributed by atoms with van der Waals surface area (Å²) in [6.07, 6.45) is 16.3. The highest BCUT2D eigenvalue weighted by Crippen LogP contribution is 2.33. The van der Waals surface area contributed by atoms with Gasteiger partial charge < -0.3 is 5.11 Å². The van der Waals surface area contributed by atoms with Crippen LogP contribution in [0.2, 0.25) is 8.93 Å². The van der Waals surface area contributed by atoms with Crippen LogP contribution in [-0.4, -0.2) is 57.0 Å². The molecule has 0 bridgehead atoms. The fourth-order valence-electron chi connectivity index (χ4n) is 8.07. The summed E-state index contributed by atoms with van der Waals surface area (Å²) in [4.78, 5) is 31.4. The van der Waals surface area contributed by atoms with Crippen molar-refractivity contribution in [3.8, 4) is 17.1 Å². The lowest BCUT2D eigenvalue weighted by Crippen LogP contribution is -2.03. The Morgan fingerprint density at radius 3 is 1.29 bits per heavy atom. The van der Waals surface area contributed by atoms with Crippen LogP contribution < -0.4 is 0 Å². The highest BCUT2D eigenvalue weighted by atomic mass is 79.9. The second-order valence-electron chi connectivity index (χ2n) is 20.7. The zero-order chi connectivity index (χ0) is 59.6. The van der Waals surface area contributed by atoms with Gasteiger partial charge in [0, 0.05) is 85.4 Å². The summed E-state index contributed by atoms with van der Waals surface area (Å²) in [6.45, 7) is 21.5. The van der Waals surface area contributed by atoms with Crippen molar-refractivity contribution in [2.24, 2.45) is 0 Å². The van der Waals surface area contributed by atoms with Gasteiger partial charge in [-0.15, -0.1) is 22.7 Å². The van der Waals surface area contributed by atoms with Crippen molar-refractivity contribution in [3.05, 3.63) is 241 Å². The van der Waals surface area contributed by atoms with Crippen LogP contribution >= 0.6 is 93.7 Å². The lowest BCUT2D eigenvalue weighted by Gasteiger charge is -2.15. The summed E-state index contributed by atoms with van der Waals surface area (Å²) < 4.78 is 9.72. The molecule has 0 aliphatic carbocycles. The smallest absolute Gasteiger partial charge is 0.183 e. The molecule has 0 radical (unpaired) electrons.